The zero-order valence-electron chi connectivity index (χ0n) is 6.42. The van der Waals surface area contributed by atoms with Gasteiger partial charge in [0.2, 0.25) is 0 Å². The molecule has 0 aliphatic carbocycles. The molecule has 2 heteroatoms. The van der Waals surface area contributed by atoms with Crippen LogP contribution in [0, 0.1) is 11.3 Å². The lowest BCUT2D eigenvalue weighted by Crippen LogP contribution is -1.89. The van der Waals surface area contributed by atoms with Crippen molar-refractivity contribution in [2.75, 3.05) is 0 Å². The van der Waals surface area contributed by atoms with Crippen LogP contribution in [-0.2, 0) is 4.79 Å². The average molecular weight is 147 g/mol. The normalized spacial score (nSPS) is 9.09. The van der Waals surface area contributed by atoms with Gasteiger partial charge in [0.25, 0.3) is 0 Å². The number of carbonyl (C=O) groups is 1. The van der Waals surface area contributed by atoms with Gasteiger partial charge in [-0.1, -0.05) is 19.2 Å². The number of ketones is 1. The molecule has 0 rings (SSSR count). The summed E-state index contributed by atoms with van der Waals surface area (Å²) >= 11 is 0. The zero-order valence-corrected chi connectivity index (χ0v) is 6.42. The average Bonchev–Trinajstić information content (AvgIpc) is 1.99. The van der Waals surface area contributed by atoms with Crippen LogP contribution in [0.1, 0.15) is 6.92 Å². The lowest BCUT2D eigenvalue weighted by molar-refractivity contribution is -0.113. The molecule has 0 radical (unpaired) electrons. The molecule has 0 aromatic carbocycles. The summed E-state index contributed by atoms with van der Waals surface area (Å²) in [7, 11) is 0. The number of allylic oxidation sites excluding steroid dienone is 4. The third kappa shape index (κ3) is 3.88. The van der Waals surface area contributed by atoms with Gasteiger partial charge in [0.1, 0.15) is 0 Å². The second-order valence-corrected chi connectivity index (χ2v) is 2.05. The number of nitrogens with zero attached hydrogens (tertiary/aromatic N) is 1. The molecule has 56 valence electrons. The molecule has 0 aromatic heterocycles. The van der Waals surface area contributed by atoms with Crippen LogP contribution in [0.5, 0.6) is 0 Å². The first-order valence-electron chi connectivity index (χ1n) is 3.05. The summed E-state index contributed by atoms with van der Waals surface area (Å²) in [5, 5.41) is 8.27. The highest BCUT2D eigenvalue weighted by atomic mass is 16.1. The minimum atomic E-state index is -0.105. The van der Waals surface area contributed by atoms with E-state index in [1.807, 2.05) is 6.07 Å². The largest absolute Gasteiger partial charge is 0.295 e. The van der Waals surface area contributed by atoms with E-state index in [2.05, 4.69) is 13.2 Å². The first-order chi connectivity index (χ1) is 5.07. The minimum absolute atomic E-state index is 0.105. The maximum absolute atomic E-state index is 10.6. The van der Waals surface area contributed by atoms with Gasteiger partial charge in [-0.3, -0.25) is 4.79 Å². The molecule has 11 heavy (non-hydrogen) atoms. The van der Waals surface area contributed by atoms with Crippen LogP contribution >= 0.6 is 0 Å². The van der Waals surface area contributed by atoms with Crippen molar-refractivity contribution in [3.05, 3.63) is 36.5 Å². The lowest BCUT2D eigenvalue weighted by atomic mass is 10.2. The van der Waals surface area contributed by atoms with Crippen LogP contribution < -0.4 is 0 Å². The minimum Gasteiger partial charge on any atom is -0.295 e. The molecule has 0 saturated carbocycles. The van der Waals surface area contributed by atoms with E-state index in [9.17, 15) is 4.79 Å². The van der Waals surface area contributed by atoms with E-state index in [4.69, 9.17) is 5.26 Å². The predicted molar refractivity (Wildman–Crippen MR) is 43.7 cm³/mol. The number of rotatable bonds is 3. The molecular formula is C9H9NO. The van der Waals surface area contributed by atoms with Crippen LogP contribution in [0.15, 0.2) is 36.5 Å². The zero-order chi connectivity index (χ0) is 8.85. The van der Waals surface area contributed by atoms with Crippen LogP contribution in [-0.4, -0.2) is 5.78 Å². The van der Waals surface area contributed by atoms with Crippen LogP contribution in [0.2, 0.25) is 0 Å². The van der Waals surface area contributed by atoms with Gasteiger partial charge in [0, 0.05) is 11.1 Å². The molecule has 0 heterocycles. The lowest BCUT2D eigenvalue weighted by Gasteiger charge is -1.88. The third-order valence-corrected chi connectivity index (χ3v) is 1.08. The molecule has 0 spiro atoms. The molecule has 0 atom stereocenters. The van der Waals surface area contributed by atoms with Crippen molar-refractivity contribution in [2.24, 2.45) is 0 Å². The van der Waals surface area contributed by atoms with Gasteiger partial charge < -0.3 is 0 Å². The Morgan fingerprint density at radius 1 is 1.45 bits per heavy atom. The standard InChI is InChI=1S/C9H9NO/c1-7(6-10)4-5-8(2)9(3)11/h4-5H,1-2H2,3H3/b5-4-. The summed E-state index contributed by atoms with van der Waals surface area (Å²) < 4.78 is 0. The van der Waals surface area contributed by atoms with Crippen molar-refractivity contribution < 1.29 is 4.79 Å². The van der Waals surface area contributed by atoms with Crippen LogP contribution in [0.25, 0.3) is 0 Å². The third-order valence-electron chi connectivity index (χ3n) is 1.08. The topological polar surface area (TPSA) is 40.9 Å². The van der Waals surface area contributed by atoms with E-state index in [1.54, 1.807) is 0 Å². The summed E-state index contributed by atoms with van der Waals surface area (Å²) in [5.74, 6) is -0.105. The van der Waals surface area contributed by atoms with Crippen molar-refractivity contribution in [2.45, 2.75) is 6.92 Å². The molecule has 0 fully saturated rings. The number of hydrogen-bond donors (Lipinski definition) is 0. The summed E-state index contributed by atoms with van der Waals surface area (Å²) in [4.78, 5) is 10.6. The summed E-state index contributed by atoms with van der Waals surface area (Å²) in [5.41, 5.74) is 0.689. The molecule has 2 nitrogen and oxygen atoms in total. The Morgan fingerprint density at radius 2 is 2.00 bits per heavy atom. The number of nitriles is 1. The van der Waals surface area contributed by atoms with Gasteiger partial charge in [-0.2, -0.15) is 5.26 Å². The summed E-state index contributed by atoms with van der Waals surface area (Å²) in [6.07, 6.45) is 2.94. The number of hydrogen-bond acceptors (Lipinski definition) is 2. The van der Waals surface area contributed by atoms with Crippen molar-refractivity contribution in [1.29, 1.82) is 5.26 Å². The van der Waals surface area contributed by atoms with Gasteiger partial charge in [-0.25, -0.2) is 0 Å². The number of carbonyl (C=O) groups excluding carboxylic acids is 1. The quantitative estimate of drug-likeness (QED) is 0.347. The van der Waals surface area contributed by atoms with Crippen LogP contribution in [0.3, 0.4) is 0 Å². The molecule has 0 aliphatic rings. The number of Topliss-reactive ketones (excluding diaryl/α,β-unsaturated/α-hetero) is 1. The smallest absolute Gasteiger partial charge is 0.159 e. The summed E-state index contributed by atoms with van der Waals surface area (Å²) in [6, 6.07) is 1.83. The first kappa shape index (κ1) is 9.38. The molecular weight excluding hydrogens is 138 g/mol. The first-order valence-corrected chi connectivity index (χ1v) is 3.05. The molecule has 0 N–H and O–H groups in total. The molecule has 0 amide bonds. The molecule has 0 unspecified atom stereocenters. The van der Waals surface area contributed by atoms with Crippen molar-refractivity contribution in [3.8, 4) is 6.07 Å². The van der Waals surface area contributed by atoms with Crippen molar-refractivity contribution >= 4 is 5.78 Å². The monoisotopic (exact) mass is 147 g/mol. The molecule has 0 bridgehead atoms. The Kier molecular flexibility index (Phi) is 3.61. The Morgan fingerprint density at radius 3 is 2.36 bits per heavy atom. The Labute approximate surface area is 66.1 Å². The van der Waals surface area contributed by atoms with Gasteiger partial charge in [-0.05, 0) is 13.0 Å². The van der Waals surface area contributed by atoms with Gasteiger partial charge in [-0.15, -0.1) is 0 Å². The van der Waals surface area contributed by atoms with Crippen LogP contribution in [0.4, 0.5) is 0 Å². The maximum Gasteiger partial charge on any atom is 0.159 e. The maximum atomic E-state index is 10.6. The van der Waals surface area contributed by atoms with Gasteiger partial charge >= 0.3 is 0 Å². The highest BCUT2D eigenvalue weighted by Crippen LogP contribution is 1.97. The van der Waals surface area contributed by atoms with E-state index in [-0.39, 0.29) is 5.78 Å². The Hall–Kier alpha value is -1.62. The van der Waals surface area contributed by atoms with E-state index >= 15 is 0 Å². The summed E-state index contributed by atoms with van der Waals surface area (Å²) in [6.45, 7) is 8.30. The van der Waals surface area contributed by atoms with E-state index in [1.165, 1.54) is 19.1 Å². The van der Waals surface area contributed by atoms with Gasteiger partial charge in [0.15, 0.2) is 5.78 Å². The molecule has 0 aromatic rings. The van der Waals surface area contributed by atoms with E-state index in [0.717, 1.165) is 0 Å². The van der Waals surface area contributed by atoms with Crippen molar-refractivity contribution in [1.82, 2.24) is 0 Å². The fraction of sp³-hybridized carbons (Fsp3) is 0.111. The van der Waals surface area contributed by atoms with E-state index < -0.39 is 0 Å². The molecule has 0 aliphatic heterocycles. The van der Waals surface area contributed by atoms with Crippen molar-refractivity contribution in [3.63, 3.8) is 0 Å². The fourth-order valence-electron chi connectivity index (χ4n) is 0.356. The highest BCUT2D eigenvalue weighted by Gasteiger charge is 1.93. The Balaban J connectivity index is 4.18. The molecule has 0 saturated heterocycles. The SMILES string of the molecule is C=C(C#N)/C=C\C(=C)C(C)=O. The highest BCUT2D eigenvalue weighted by molar-refractivity contribution is 5.95. The Bertz CT molecular complexity index is 266. The predicted octanol–water partition coefficient (Wildman–Crippen LogP) is 1.77. The fourth-order valence-corrected chi connectivity index (χ4v) is 0.356. The second-order valence-electron chi connectivity index (χ2n) is 2.05. The second kappa shape index (κ2) is 4.24. The van der Waals surface area contributed by atoms with E-state index in [0.29, 0.717) is 11.1 Å². The van der Waals surface area contributed by atoms with Gasteiger partial charge in [0.05, 0.1) is 6.07 Å².